The number of likely N-dealkylation sites (N-methyl/N-ethyl adjacent to an activating group) is 1. The van der Waals surface area contributed by atoms with Crippen LogP contribution in [-0.2, 0) is 22.6 Å². The van der Waals surface area contributed by atoms with Gasteiger partial charge in [0.25, 0.3) is 0 Å². The second kappa shape index (κ2) is 15.1. The van der Waals surface area contributed by atoms with Crippen LogP contribution in [0.15, 0.2) is 72.8 Å². The van der Waals surface area contributed by atoms with Crippen molar-refractivity contribution in [2.24, 2.45) is 0 Å². The van der Waals surface area contributed by atoms with Crippen molar-refractivity contribution in [2.45, 2.75) is 51.4 Å². The molecule has 1 fully saturated rings. The van der Waals surface area contributed by atoms with E-state index in [9.17, 15) is 14.0 Å². The lowest BCUT2D eigenvalue weighted by molar-refractivity contribution is -0.138. The van der Waals surface area contributed by atoms with Gasteiger partial charge < -0.3 is 20.4 Å². The van der Waals surface area contributed by atoms with Crippen molar-refractivity contribution < 1.29 is 14.0 Å². The molecular formula is C35H43ClFN5O2. The summed E-state index contributed by atoms with van der Waals surface area (Å²) >= 11 is 6.11. The zero-order valence-corrected chi connectivity index (χ0v) is 26.4. The molecule has 0 aromatic heterocycles. The first-order valence-corrected chi connectivity index (χ1v) is 16.1. The van der Waals surface area contributed by atoms with Crippen molar-refractivity contribution in [1.29, 1.82) is 0 Å². The van der Waals surface area contributed by atoms with Gasteiger partial charge in [-0.05, 0) is 48.0 Å². The minimum atomic E-state index is -0.704. The standard InChI is InChI=1S/C35H43ClFN5O2/c1-3-40(4-2)24-33(29-11-7-8-12-30(29)37)41-17-19-42(20-18-41)35(44)32(21-25-13-15-27(36)16-14-25)39-34(43)22-31-28-10-6-5-9-26(28)23-38-31/h5-16,31-33,38H,3-4,17-24H2,1-2H3,(H,39,43). The van der Waals surface area contributed by atoms with Gasteiger partial charge in [-0.25, -0.2) is 4.39 Å². The molecule has 3 aromatic rings. The zero-order valence-electron chi connectivity index (χ0n) is 25.6. The highest BCUT2D eigenvalue weighted by Crippen LogP contribution is 2.28. The fourth-order valence-electron chi connectivity index (χ4n) is 6.41. The molecule has 2 aliphatic heterocycles. The molecule has 0 radical (unpaired) electrons. The van der Waals surface area contributed by atoms with Crippen molar-refractivity contribution in [3.8, 4) is 0 Å². The van der Waals surface area contributed by atoms with Crippen LogP contribution in [0.3, 0.4) is 0 Å². The third-order valence-corrected chi connectivity index (χ3v) is 9.25. The second-order valence-corrected chi connectivity index (χ2v) is 12.1. The Hall–Kier alpha value is -3.30. The van der Waals surface area contributed by atoms with Gasteiger partial charge in [0.05, 0.1) is 6.04 Å². The van der Waals surface area contributed by atoms with Gasteiger partial charge in [-0.3, -0.25) is 14.5 Å². The SMILES string of the molecule is CCN(CC)CC(c1ccccc1F)N1CCN(C(=O)C(Cc2ccc(Cl)cc2)NC(=O)CC2NCc3ccccc32)CC1. The lowest BCUT2D eigenvalue weighted by Crippen LogP contribution is -2.56. The van der Waals surface area contributed by atoms with Crippen LogP contribution >= 0.6 is 11.6 Å². The highest BCUT2D eigenvalue weighted by Gasteiger charge is 2.33. The topological polar surface area (TPSA) is 67.9 Å². The predicted octanol–water partition coefficient (Wildman–Crippen LogP) is 4.97. The van der Waals surface area contributed by atoms with Crippen LogP contribution in [0.4, 0.5) is 4.39 Å². The van der Waals surface area contributed by atoms with E-state index in [1.165, 1.54) is 11.6 Å². The molecular weight excluding hydrogens is 577 g/mol. The number of fused-ring (bicyclic) bond motifs is 1. The smallest absolute Gasteiger partial charge is 0.245 e. The van der Waals surface area contributed by atoms with Gasteiger partial charge >= 0.3 is 0 Å². The molecule has 2 N–H and O–H groups in total. The van der Waals surface area contributed by atoms with Crippen molar-refractivity contribution >= 4 is 23.4 Å². The maximum atomic E-state index is 15.0. The summed E-state index contributed by atoms with van der Waals surface area (Å²) in [7, 11) is 0. The van der Waals surface area contributed by atoms with E-state index in [0.29, 0.717) is 43.2 Å². The Morgan fingerprint density at radius 2 is 1.66 bits per heavy atom. The number of hydrogen-bond donors (Lipinski definition) is 2. The number of piperazine rings is 1. The number of nitrogens with one attached hydrogen (secondary N) is 2. The molecule has 5 rings (SSSR count). The van der Waals surface area contributed by atoms with E-state index in [0.717, 1.165) is 37.3 Å². The average molecular weight is 620 g/mol. The molecule has 0 saturated carbocycles. The van der Waals surface area contributed by atoms with Crippen molar-refractivity contribution in [3.05, 3.63) is 106 Å². The van der Waals surface area contributed by atoms with Gasteiger partial charge in [0.2, 0.25) is 11.8 Å². The van der Waals surface area contributed by atoms with Gasteiger partial charge in [-0.1, -0.05) is 80.0 Å². The maximum Gasteiger partial charge on any atom is 0.245 e. The molecule has 44 heavy (non-hydrogen) atoms. The van der Waals surface area contributed by atoms with E-state index in [1.807, 2.05) is 41.3 Å². The quantitative estimate of drug-likeness (QED) is 0.300. The predicted molar refractivity (Wildman–Crippen MR) is 173 cm³/mol. The molecule has 2 aliphatic rings. The third-order valence-electron chi connectivity index (χ3n) is 9.00. The Kier molecular flexibility index (Phi) is 11.0. The van der Waals surface area contributed by atoms with Crippen LogP contribution in [0.1, 0.15) is 54.6 Å². The van der Waals surface area contributed by atoms with Crippen molar-refractivity contribution in [2.75, 3.05) is 45.8 Å². The molecule has 234 valence electrons. The number of halogens is 2. The third kappa shape index (κ3) is 7.85. The van der Waals surface area contributed by atoms with Gasteiger partial charge in [0.15, 0.2) is 0 Å². The van der Waals surface area contributed by atoms with Crippen LogP contribution in [0, 0.1) is 5.82 Å². The first-order valence-electron chi connectivity index (χ1n) is 15.7. The molecule has 1 saturated heterocycles. The molecule has 7 nitrogen and oxygen atoms in total. The van der Waals surface area contributed by atoms with E-state index in [-0.39, 0.29) is 36.1 Å². The number of benzene rings is 3. The number of carbonyl (C=O) groups excluding carboxylic acids is 2. The summed E-state index contributed by atoms with van der Waals surface area (Å²) in [4.78, 5) is 33.8. The molecule has 0 aliphatic carbocycles. The summed E-state index contributed by atoms with van der Waals surface area (Å²) in [5, 5.41) is 7.12. The van der Waals surface area contributed by atoms with Gasteiger partial charge in [-0.2, -0.15) is 0 Å². The Balaban J connectivity index is 1.27. The van der Waals surface area contributed by atoms with Crippen LogP contribution < -0.4 is 10.6 Å². The average Bonchev–Trinajstić information content (AvgIpc) is 3.45. The molecule has 9 heteroatoms. The Morgan fingerprint density at radius 3 is 2.36 bits per heavy atom. The van der Waals surface area contributed by atoms with Gasteiger partial charge in [-0.15, -0.1) is 0 Å². The number of hydrogen-bond acceptors (Lipinski definition) is 5. The molecule has 3 atom stereocenters. The summed E-state index contributed by atoms with van der Waals surface area (Å²) < 4.78 is 15.0. The summed E-state index contributed by atoms with van der Waals surface area (Å²) in [6, 6.07) is 21.6. The summed E-state index contributed by atoms with van der Waals surface area (Å²) in [5.41, 5.74) is 3.95. The van der Waals surface area contributed by atoms with E-state index in [1.54, 1.807) is 18.2 Å². The fourth-order valence-corrected chi connectivity index (χ4v) is 6.54. The highest BCUT2D eigenvalue weighted by atomic mass is 35.5. The number of amides is 2. The van der Waals surface area contributed by atoms with E-state index >= 15 is 0 Å². The summed E-state index contributed by atoms with van der Waals surface area (Å²) in [5.74, 6) is -0.462. The van der Waals surface area contributed by atoms with Crippen molar-refractivity contribution in [1.82, 2.24) is 25.3 Å². The van der Waals surface area contributed by atoms with Gasteiger partial charge in [0, 0.05) is 68.7 Å². The Morgan fingerprint density at radius 1 is 0.977 bits per heavy atom. The monoisotopic (exact) mass is 619 g/mol. The lowest BCUT2D eigenvalue weighted by atomic mass is 10.0. The molecule has 3 aromatic carbocycles. The highest BCUT2D eigenvalue weighted by molar-refractivity contribution is 6.30. The number of nitrogens with zero attached hydrogens (tertiary/aromatic N) is 3. The minimum absolute atomic E-state index is 0.0813. The first-order chi connectivity index (χ1) is 21.4. The second-order valence-electron chi connectivity index (χ2n) is 11.7. The summed E-state index contributed by atoms with van der Waals surface area (Å²) in [6.45, 7) is 9.71. The van der Waals surface area contributed by atoms with Crippen molar-refractivity contribution in [3.63, 3.8) is 0 Å². The first kappa shape index (κ1) is 32.1. The Bertz CT molecular complexity index is 1410. The maximum absolute atomic E-state index is 15.0. The van der Waals surface area contributed by atoms with Crippen LogP contribution in [0.2, 0.25) is 5.02 Å². The molecule has 2 heterocycles. The Labute approximate surface area is 265 Å². The molecule has 2 amide bonds. The van der Waals surface area contributed by atoms with E-state index in [2.05, 4.69) is 46.4 Å². The number of carbonyl (C=O) groups is 2. The molecule has 0 spiro atoms. The van der Waals surface area contributed by atoms with Crippen LogP contribution in [-0.4, -0.2) is 78.4 Å². The zero-order chi connectivity index (χ0) is 31.1. The summed E-state index contributed by atoms with van der Waals surface area (Å²) in [6.07, 6.45) is 0.626. The molecule has 3 unspecified atom stereocenters. The van der Waals surface area contributed by atoms with Gasteiger partial charge in [0.1, 0.15) is 11.9 Å². The fraction of sp³-hybridized carbons (Fsp3) is 0.429. The number of rotatable bonds is 12. The lowest BCUT2D eigenvalue weighted by Gasteiger charge is -2.42. The largest absolute Gasteiger partial charge is 0.344 e. The van der Waals surface area contributed by atoms with Crippen LogP contribution in [0.25, 0.3) is 0 Å². The van der Waals surface area contributed by atoms with Crippen LogP contribution in [0.5, 0.6) is 0 Å². The van der Waals surface area contributed by atoms with E-state index < -0.39 is 6.04 Å². The van der Waals surface area contributed by atoms with E-state index in [4.69, 9.17) is 11.6 Å². The normalized spacial score (nSPS) is 18.2. The molecule has 0 bridgehead atoms. The minimum Gasteiger partial charge on any atom is -0.344 e.